The fourth-order valence-corrected chi connectivity index (χ4v) is 1.81. The molecule has 3 nitrogen and oxygen atoms in total. The highest BCUT2D eigenvalue weighted by Crippen LogP contribution is 2.11. The van der Waals surface area contributed by atoms with E-state index in [0.717, 1.165) is 18.6 Å². The van der Waals surface area contributed by atoms with Crippen LogP contribution in [0.25, 0.3) is 0 Å². The maximum atomic E-state index is 10.4. The number of unbranched alkanes of at least 4 members (excludes halogenated alkanes) is 2. The minimum Gasteiger partial charge on any atom is -0.481 e. The van der Waals surface area contributed by atoms with Crippen molar-refractivity contribution in [2.45, 2.75) is 26.2 Å². The quantitative estimate of drug-likeness (QED) is 0.641. The zero-order valence-electron chi connectivity index (χ0n) is 7.82. The Balaban J connectivity index is 3.17. The predicted molar refractivity (Wildman–Crippen MR) is 53.6 cm³/mol. The second-order valence-corrected chi connectivity index (χ2v) is 4.08. The van der Waals surface area contributed by atoms with E-state index in [1.54, 1.807) is 18.7 Å². The third-order valence-corrected chi connectivity index (χ3v) is 2.93. The van der Waals surface area contributed by atoms with Crippen LogP contribution in [0.1, 0.15) is 26.2 Å². The van der Waals surface area contributed by atoms with Gasteiger partial charge >= 0.3 is 5.97 Å². The first-order chi connectivity index (χ1) is 6.18. The number of carboxylic acids is 1. The van der Waals surface area contributed by atoms with Crippen molar-refractivity contribution in [1.29, 1.82) is 5.26 Å². The van der Waals surface area contributed by atoms with Crippen LogP contribution in [0.4, 0.5) is 0 Å². The summed E-state index contributed by atoms with van der Waals surface area (Å²) in [6.07, 6.45) is 2.53. The molecule has 0 heterocycles. The summed E-state index contributed by atoms with van der Waals surface area (Å²) in [6.45, 7) is 1.71. The van der Waals surface area contributed by atoms with Crippen LogP contribution in [-0.2, 0) is 4.79 Å². The van der Waals surface area contributed by atoms with Crippen LogP contribution in [0.2, 0.25) is 0 Å². The summed E-state index contributed by atoms with van der Waals surface area (Å²) in [6, 6.07) is 2.08. The number of carbonyl (C=O) groups is 1. The Morgan fingerprint density at radius 2 is 2.31 bits per heavy atom. The van der Waals surface area contributed by atoms with E-state index in [9.17, 15) is 4.79 Å². The van der Waals surface area contributed by atoms with Crippen LogP contribution >= 0.6 is 11.8 Å². The standard InChI is InChI=1S/C9H15NO2S/c1-8(9(11)12)7-13-6-4-2-3-5-10/h8H,2-4,6-7H2,1H3,(H,11,12). The summed E-state index contributed by atoms with van der Waals surface area (Å²) in [4.78, 5) is 10.4. The summed E-state index contributed by atoms with van der Waals surface area (Å²) in [7, 11) is 0. The van der Waals surface area contributed by atoms with E-state index < -0.39 is 5.97 Å². The van der Waals surface area contributed by atoms with E-state index in [-0.39, 0.29) is 5.92 Å². The number of nitriles is 1. The molecule has 0 bridgehead atoms. The normalized spacial score (nSPS) is 12.0. The molecular formula is C9H15NO2S. The number of carboxylic acid groups (broad SMARTS) is 1. The van der Waals surface area contributed by atoms with Crippen LogP contribution in [0.5, 0.6) is 0 Å². The van der Waals surface area contributed by atoms with Crippen molar-refractivity contribution in [3.63, 3.8) is 0 Å². The number of thioether (sulfide) groups is 1. The molecule has 0 saturated carbocycles. The topological polar surface area (TPSA) is 61.1 Å². The fraction of sp³-hybridized carbons (Fsp3) is 0.778. The number of aliphatic carboxylic acids is 1. The lowest BCUT2D eigenvalue weighted by atomic mass is 10.2. The van der Waals surface area contributed by atoms with Crippen LogP contribution in [0.15, 0.2) is 0 Å². The van der Waals surface area contributed by atoms with Crippen molar-refractivity contribution in [3.05, 3.63) is 0 Å². The van der Waals surface area contributed by atoms with Gasteiger partial charge in [0.2, 0.25) is 0 Å². The van der Waals surface area contributed by atoms with Crippen molar-refractivity contribution in [3.8, 4) is 6.07 Å². The van der Waals surface area contributed by atoms with Gasteiger partial charge in [-0.15, -0.1) is 0 Å². The second kappa shape index (κ2) is 7.93. The first kappa shape index (κ1) is 12.3. The first-order valence-corrected chi connectivity index (χ1v) is 5.51. The van der Waals surface area contributed by atoms with Crippen LogP contribution in [0, 0.1) is 17.2 Å². The van der Waals surface area contributed by atoms with Crippen LogP contribution in [-0.4, -0.2) is 22.6 Å². The number of hydrogen-bond acceptors (Lipinski definition) is 3. The summed E-state index contributed by atoms with van der Waals surface area (Å²) in [5.74, 6) is 0.631. The molecule has 74 valence electrons. The van der Waals surface area contributed by atoms with Crippen molar-refractivity contribution in [2.75, 3.05) is 11.5 Å². The molecule has 0 saturated heterocycles. The Morgan fingerprint density at radius 3 is 2.85 bits per heavy atom. The van der Waals surface area contributed by atoms with Gasteiger partial charge in [0.15, 0.2) is 0 Å². The lowest BCUT2D eigenvalue weighted by Gasteiger charge is -2.04. The highest BCUT2D eigenvalue weighted by Gasteiger charge is 2.09. The van der Waals surface area contributed by atoms with Crippen molar-refractivity contribution in [2.24, 2.45) is 5.92 Å². The number of hydrogen-bond donors (Lipinski definition) is 1. The van der Waals surface area contributed by atoms with E-state index in [1.807, 2.05) is 0 Å². The molecule has 1 atom stereocenters. The van der Waals surface area contributed by atoms with E-state index in [2.05, 4.69) is 6.07 Å². The zero-order valence-corrected chi connectivity index (χ0v) is 8.64. The lowest BCUT2D eigenvalue weighted by Crippen LogP contribution is -2.11. The molecule has 0 fully saturated rings. The average molecular weight is 201 g/mol. The Bertz CT molecular complexity index is 189. The Kier molecular flexibility index (Phi) is 7.51. The molecule has 0 aliphatic rings. The van der Waals surface area contributed by atoms with Gasteiger partial charge in [-0.05, 0) is 18.6 Å². The highest BCUT2D eigenvalue weighted by atomic mass is 32.2. The largest absolute Gasteiger partial charge is 0.481 e. The smallest absolute Gasteiger partial charge is 0.307 e. The predicted octanol–water partition coefficient (Wildman–Crippen LogP) is 2.13. The molecule has 1 unspecified atom stereocenters. The Labute approximate surface area is 83.1 Å². The maximum Gasteiger partial charge on any atom is 0.307 e. The number of rotatable bonds is 7. The zero-order chi connectivity index (χ0) is 10.1. The minimum absolute atomic E-state index is 0.263. The van der Waals surface area contributed by atoms with E-state index >= 15 is 0 Å². The summed E-state index contributed by atoms with van der Waals surface area (Å²) in [5.41, 5.74) is 0. The molecule has 0 aromatic heterocycles. The molecule has 13 heavy (non-hydrogen) atoms. The molecular weight excluding hydrogens is 186 g/mol. The van der Waals surface area contributed by atoms with Gasteiger partial charge in [0, 0.05) is 12.2 Å². The van der Waals surface area contributed by atoms with Gasteiger partial charge < -0.3 is 5.11 Å². The van der Waals surface area contributed by atoms with E-state index in [0.29, 0.717) is 12.2 Å². The van der Waals surface area contributed by atoms with Crippen molar-refractivity contribution >= 4 is 17.7 Å². The molecule has 0 spiro atoms. The maximum absolute atomic E-state index is 10.4. The molecule has 0 amide bonds. The van der Waals surface area contributed by atoms with Gasteiger partial charge in [0.05, 0.1) is 12.0 Å². The van der Waals surface area contributed by atoms with Gasteiger partial charge in [0.25, 0.3) is 0 Å². The highest BCUT2D eigenvalue weighted by molar-refractivity contribution is 7.99. The van der Waals surface area contributed by atoms with Gasteiger partial charge in [0.1, 0.15) is 0 Å². The lowest BCUT2D eigenvalue weighted by molar-refractivity contribution is -0.140. The fourth-order valence-electron chi connectivity index (χ4n) is 0.740. The summed E-state index contributed by atoms with van der Waals surface area (Å²) >= 11 is 1.65. The third-order valence-electron chi connectivity index (χ3n) is 1.62. The molecule has 0 aliphatic heterocycles. The first-order valence-electron chi connectivity index (χ1n) is 4.36. The van der Waals surface area contributed by atoms with Crippen molar-refractivity contribution in [1.82, 2.24) is 0 Å². The van der Waals surface area contributed by atoms with Crippen molar-refractivity contribution < 1.29 is 9.90 Å². The Morgan fingerprint density at radius 1 is 1.62 bits per heavy atom. The molecule has 1 N–H and O–H groups in total. The second-order valence-electron chi connectivity index (χ2n) is 2.93. The SMILES string of the molecule is CC(CSCCCCC#N)C(=O)O. The molecule has 0 radical (unpaired) electrons. The molecule has 0 aromatic carbocycles. The monoisotopic (exact) mass is 201 g/mol. The number of nitrogens with zero attached hydrogens (tertiary/aromatic N) is 1. The molecule has 0 rings (SSSR count). The third kappa shape index (κ3) is 7.66. The van der Waals surface area contributed by atoms with Gasteiger partial charge in [-0.1, -0.05) is 6.92 Å². The van der Waals surface area contributed by atoms with Crippen LogP contribution < -0.4 is 0 Å². The molecule has 0 aromatic rings. The molecule has 4 heteroatoms. The minimum atomic E-state index is -0.732. The molecule has 0 aliphatic carbocycles. The Hall–Kier alpha value is -0.690. The van der Waals surface area contributed by atoms with Gasteiger partial charge in [-0.2, -0.15) is 17.0 Å². The summed E-state index contributed by atoms with van der Waals surface area (Å²) in [5, 5.41) is 16.8. The average Bonchev–Trinajstić information content (AvgIpc) is 2.10. The van der Waals surface area contributed by atoms with Gasteiger partial charge in [-0.25, -0.2) is 0 Å². The van der Waals surface area contributed by atoms with Crippen LogP contribution in [0.3, 0.4) is 0 Å². The summed E-state index contributed by atoms with van der Waals surface area (Å²) < 4.78 is 0. The van der Waals surface area contributed by atoms with E-state index in [1.165, 1.54) is 0 Å². The van der Waals surface area contributed by atoms with E-state index in [4.69, 9.17) is 10.4 Å². The van der Waals surface area contributed by atoms with Gasteiger partial charge in [-0.3, -0.25) is 4.79 Å².